The molecular formula is C11H20ClN5O2. The summed E-state index contributed by atoms with van der Waals surface area (Å²) >= 11 is 0. The fraction of sp³-hybridized carbons (Fsp3) is 0.727. The van der Waals surface area contributed by atoms with E-state index in [1.54, 1.807) is 16.6 Å². The van der Waals surface area contributed by atoms with E-state index in [-0.39, 0.29) is 18.5 Å². The van der Waals surface area contributed by atoms with E-state index in [1.807, 2.05) is 20.8 Å². The maximum absolute atomic E-state index is 11.8. The number of ether oxygens (including phenoxy) is 1. The third kappa shape index (κ3) is 3.16. The fourth-order valence-corrected chi connectivity index (χ4v) is 1.98. The Labute approximate surface area is 118 Å². The Morgan fingerprint density at radius 1 is 1.47 bits per heavy atom. The zero-order chi connectivity index (χ0) is 13.6. The summed E-state index contributed by atoms with van der Waals surface area (Å²) in [4.78, 5) is 17.5. The molecule has 7 nitrogen and oxygen atoms in total. The SMILES string of the molecule is Cl.Cn1ncnc1C1(N)CN(C(=O)OC(C)(C)C)C1. The first-order valence-electron chi connectivity index (χ1n) is 5.83. The van der Waals surface area contributed by atoms with E-state index in [2.05, 4.69) is 10.1 Å². The fourth-order valence-electron chi connectivity index (χ4n) is 1.98. The Morgan fingerprint density at radius 3 is 2.47 bits per heavy atom. The molecule has 1 aromatic rings. The van der Waals surface area contributed by atoms with E-state index >= 15 is 0 Å². The Hall–Kier alpha value is -1.34. The van der Waals surface area contributed by atoms with Gasteiger partial charge in [0.05, 0.1) is 13.1 Å². The Morgan fingerprint density at radius 2 is 2.05 bits per heavy atom. The Kier molecular flexibility index (Phi) is 4.11. The zero-order valence-corrected chi connectivity index (χ0v) is 12.4. The number of carbonyl (C=O) groups is 1. The van der Waals surface area contributed by atoms with Gasteiger partial charge < -0.3 is 15.4 Å². The van der Waals surface area contributed by atoms with Gasteiger partial charge in [0.25, 0.3) is 0 Å². The first-order valence-corrected chi connectivity index (χ1v) is 5.83. The summed E-state index contributed by atoms with van der Waals surface area (Å²) in [5.74, 6) is 0.683. The zero-order valence-electron chi connectivity index (χ0n) is 11.6. The minimum Gasteiger partial charge on any atom is -0.444 e. The van der Waals surface area contributed by atoms with Crippen LogP contribution in [-0.4, -0.2) is 44.4 Å². The number of nitrogens with two attached hydrogens (primary N) is 1. The lowest BCUT2D eigenvalue weighted by atomic mass is 9.90. The molecule has 19 heavy (non-hydrogen) atoms. The third-order valence-corrected chi connectivity index (χ3v) is 2.75. The van der Waals surface area contributed by atoms with Gasteiger partial charge in [0, 0.05) is 7.05 Å². The van der Waals surface area contributed by atoms with Crippen molar-refractivity contribution in [1.29, 1.82) is 0 Å². The summed E-state index contributed by atoms with van der Waals surface area (Å²) < 4.78 is 6.90. The van der Waals surface area contributed by atoms with Crippen molar-refractivity contribution in [3.63, 3.8) is 0 Å². The molecule has 1 aromatic heterocycles. The van der Waals surface area contributed by atoms with Crippen LogP contribution < -0.4 is 5.73 Å². The van der Waals surface area contributed by atoms with Crippen molar-refractivity contribution < 1.29 is 9.53 Å². The van der Waals surface area contributed by atoms with E-state index in [0.717, 1.165) is 0 Å². The maximum Gasteiger partial charge on any atom is 0.410 e. The average molecular weight is 290 g/mol. The van der Waals surface area contributed by atoms with Crippen LogP contribution in [-0.2, 0) is 17.3 Å². The summed E-state index contributed by atoms with van der Waals surface area (Å²) in [6, 6.07) is 0. The van der Waals surface area contributed by atoms with Crippen LogP contribution in [0, 0.1) is 0 Å². The normalized spacial score (nSPS) is 17.4. The second kappa shape index (κ2) is 4.97. The monoisotopic (exact) mass is 289 g/mol. The van der Waals surface area contributed by atoms with Gasteiger partial charge in [-0.2, -0.15) is 5.10 Å². The van der Waals surface area contributed by atoms with Crippen LogP contribution in [0.15, 0.2) is 6.33 Å². The smallest absolute Gasteiger partial charge is 0.410 e. The highest BCUT2D eigenvalue weighted by atomic mass is 35.5. The summed E-state index contributed by atoms with van der Waals surface area (Å²) in [5, 5.41) is 3.98. The minimum atomic E-state index is -0.623. The summed E-state index contributed by atoms with van der Waals surface area (Å²) in [5.41, 5.74) is 5.07. The number of rotatable bonds is 1. The van der Waals surface area contributed by atoms with Gasteiger partial charge in [-0.05, 0) is 20.8 Å². The molecule has 2 rings (SSSR count). The van der Waals surface area contributed by atoms with Gasteiger partial charge in [0.1, 0.15) is 23.3 Å². The molecule has 0 unspecified atom stereocenters. The summed E-state index contributed by atoms with van der Waals surface area (Å²) in [6.45, 7) is 6.30. The summed E-state index contributed by atoms with van der Waals surface area (Å²) in [6.07, 6.45) is 1.12. The molecule has 0 saturated carbocycles. The minimum absolute atomic E-state index is 0. The molecule has 0 atom stereocenters. The van der Waals surface area contributed by atoms with Gasteiger partial charge >= 0.3 is 6.09 Å². The molecule has 0 aromatic carbocycles. The van der Waals surface area contributed by atoms with Crippen molar-refractivity contribution in [3.8, 4) is 0 Å². The van der Waals surface area contributed by atoms with Crippen LogP contribution >= 0.6 is 12.4 Å². The first kappa shape index (κ1) is 15.7. The lowest BCUT2D eigenvalue weighted by Gasteiger charge is -2.46. The molecule has 2 N–H and O–H groups in total. The number of carbonyl (C=O) groups excluding carboxylic acids is 1. The maximum atomic E-state index is 11.8. The number of nitrogens with zero attached hydrogens (tertiary/aromatic N) is 4. The molecule has 0 aliphatic carbocycles. The molecule has 1 aliphatic rings. The van der Waals surface area contributed by atoms with E-state index in [0.29, 0.717) is 18.9 Å². The topological polar surface area (TPSA) is 86.3 Å². The second-order valence-corrected chi connectivity index (χ2v) is 5.70. The van der Waals surface area contributed by atoms with Gasteiger partial charge in [-0.15, -0.1) is 12.4 Å². The van der Waals surface area contributed by atoms with Crippen LogP contribution in [0.2, 0.25) is 0 Å². The number of aromatic nitrogens is 3. The lowest BCUT2D eigenvalue weighted by molar-refractivity contribution is -0.0112. The van der Waals surface area contributed by atoms with Crippen molar-refractivity contribution in [2.45, 2.75) is 31.9 Å². The molecule has 2 heterocycles. The number of amides is 1. The molecule has 8 heteroatoms. The number of hydrogen-bond donors (Lipinski definition) is 1. The molecule has 1 amide bonds. The van der Waals surface area contributed by atoms with E-state index in [4.69, 9.17) is 10.5 Å². The predicted octanol–water partition coefficient (Wildman–Crippen LogP) is 0.642. The molecular weight excluding hydrogens is 270 g/mol. The summed E-state index contributed by atoms with van der Waals surface area (Å²) in [7, 11) is 1.78. The standard InChI is InChI=1S/C11H19N5O2.ClH/c1-10(2,3)18-9(17)16-5-11(12,6-16)8-13-7-14-15(8)4;/h7H,5-6,12H2,1-4H3;1H. The Bertz CT molecular complexity index is 462. The highest BCUT2D eigenvalue weighted by Gasteiger charge is 2.47. The lowest BCUT2D eigenvalue weighted by Crippen LogP contribution is -2.67. The van der Waals surface area contributed by atoms with Crippen LogP contribution in [0.4, 0.5) is 4.79 Å². The van der Waals surface area contributed by atoms with Crippen molar-refractivity contribution in [3.05, 3.63) is 12.2 Å². The van der Waals surface area contributed by atoms with E-state index in [1.165, 1.54) is 6.33 Å². The molecule has 0 radical (unpaired) electrons. The second-order valence-electron chi connectivity index (χ2n) is 5.70. The Balaban J connectivity index is 0.00000180. The number of aryl methyl sites for hydroxylation is 1. The molecule has 1 fully saturated rings. The van der Waals surface area contributed by atoms with Crippen molar-refractivity contribution in [2.75, 3.05) is 13.1 Å². The number of likely N-dealkylation sites (tertiary alicyclic amines) is 1. The van der Waals surface area contributed by atoms with E-state index < -0.39 is 11.1 Å². The molecule has 0 spiro atoms. The van der Waals surface area contributed by atoms with Crippen molar-refractivity contribution in [2.24, 2.45) is 12.8 Å². The third-order valence-electron chi connectivity index (χ3n) is 2.75. The van der Waals surface area contributed by atoms with Crippen LogP contribution in [0.25, 0.3) is 0 Å². The van der Waals surface area contributed by atoms with Gasteiger partial charge in [-0.25, -0.2) is 9.78 Å². The van der Waals surface area contributed by atoms with Gasteiger partial charge in [-0.1, -0.05) is 0 Å². The highest BCUT2D eigenvalue weighted by Crippen LogP contribution is 2.28. The van der Waals surface area contributed by atoms with Crippen LogP contribution in [0.3, 0.4) is 0 Å². The van der Waals surface area contributed by atoms with Gasteiger partial charge in [-0.3, -0.25) is 4.68 Å². The van der Waals surface area contributed by atoms with Gasteiger partial charge in [0.2, 0.25) is 0 Å². The van der Waals surface area contributed by atoms with Gasteiger partial charge in [0.15, 0.2) is 0 Å². The van der Waals surface area contributed by atoms with E-state index in [9.17, 15) is 4.79 Å². The number of hydrogen-bond acceptors (Lipinski definition) is 5. The number of halogens is 1. The highest BCUT2D eigenvalue weighted by molar-refractivity contribution is 5.85. The molecule has 0 bridgehead atoms. The molecule has 1 saturated heterocycles. The molecule has 1 aliphatic heterocycles. The van der Waals surface area contributed by atoms with Crippen molar-refractivity contribution >= 4 is 18.5 Å². The predicted molar refractivity (Wildman–Crippen MR) is 71.9 cm³/mol. The van der Waals surface area contributed by atoms with Crippen LogP contribution in [0.1, 0.15) is 26.6 Å². The van der Waals surface area contributed by atoms with Crippen molar-refractivity contribution in [1.82, 2.24) is 19.7 Å². The van der Waals surface area contributed by atoms with Crippen LogP contribution in [0.5, 0.6) is 0 Å². The molecule has 108 valence electrons. The largest absolute Gasteiger partial charge is 0.444 e. The first-order chi connectivity index (χ1) is 8.21. The quantitative estimate of drug-likeness (QED) is 0.820. The average Bonchev–Trinajstić information content (AvgIpc) is 2.57.